The van der Waals surface area contributed by atoms with E-state index in [1.54, 1.807) is 11.0 Å². The van der Waals surface area contributed by atoms with Gasteiger partial charge in [0, 0.05) is 36.9 Å². The second-order valence-electron chi connectivity index (χ2n) is 5.92. The number of nitrogens with zero attached hydrogens (tertiary/aromatic N) is 2. The van der Waals surface area contributed by atoms with Gasteiger partial charge in [0.2, 0.25) is 5.91 Å². The van der Waals surface area contributed by atoms with E-state index in [-0.39, 0.29) is 18.1 Å². The molecule has 1 aliphatic rings. The van der Waals surface area contributed by atoms with E-state index >= 15 is 0 Å². The van der Waals surface area contributed by atoms with Crippen LogP contribution in [-0.2, 0) is 4.79 Å². The molecule has 0 bridgehead atoms. The molecule has 8 heteroatoms. The largest absolute Gasteiger partial charge is 0.374 e. The molecule has 2 aromatic rings. The highest BCUT2D eigenvalue weighted by Crippen LogP contribution is 2.21. The molecule has 1 heterocycles. The maximum absolute atomic E-state index is 13.6. The van der Waals surface area contributed by atoms with Gasteiger partial charge in [-0.1, -0.05) is 17.7 Å². The molecule has 4 nitrogen and oxygen atoms in total. The lowest BCUT2D eigenvalue weighted by Gasteiger charge is -2.36. The van der Waals surface area contributed by atoms with Gasteiger partial charge < -0.3 is 15.1 Å². The van der Waals surface area contributed by atoms with Crippen LogP contribution in [0.15, 0.2) is 36.4 Å². The average Bonchev–Trinajstić information content (AvgIpc) is 2.65. The maximum Gasteiger partial charge on any atom is 0.241 e. The van der Waals surface area contributed by atoms with Crippen molar-refractivity contribution in [2.45, 2.75) is 0 Å². The lowest BCUT2D eigenvalue weighted by Crippen LogP contribution is -2.50. The molecule has 2 aromatic carbocycles. The summed E-state index contributed by atoms with van der Waals surface area (Å²) in [6.45, 7) is 2.11. The van der Waals surface area contributed by atoms with E-state index in [9.17, 15) is 18.0 Å². The van der Waals surface area contributed by atoms with E-state index in [1.807, 2.05) is 18.2 Å². The minimum Gasteiger partial charge on any atom is -0.374 e. The van der Waals surface area contributed by atoms with Gasteiger partial charge in [-0.2, -0.15) is 0 Å². The van der Waals surface area contributed by atoms with Crippen molar-refractivity contribution < 1.29 is 18.0 Å². The Morgan fingerprint density at radius 1 is 1.04 bits per heavy atom. The number of rotatable bonds is 4. The molecule has 0 unspecified atom stereocenters. The lowest BCUT2D eigenvalue weighted by atomic mass is 10.2. The number of nitrogens with one attached hydrogen (secondary N) is 1. The zero-order valence-corrected chi connectivity index (χ0v) is 14.6. The molecule has 1 saturated heterocycles. The van der Waals surface area contributed by atoms with Gasteiger partial charge in [0.1, 0.15) is 0 Å². The second kappa shape index (κ2) is 7.86. The normalized spacial score (nSPS) is 14.5. The number of anilines is 2. The SMILES string of the molecule is O=C(CNc1ccc(F)c(F)c1F)N1CCN(c2cccc(Cl)c2)CC1. The smallest absolute Gasteiger partial charge is 0.241 e. The first-order chi connectivity index (χ1) is 12.5. The van der Waals surface area contributed by atoms with Gasteiger partial charge in [-0.05, 0) is 30.3 Å². The summed E-state index contributed by atoms with van der Waals surface area (Å²) in [4.78, 5) is 16.0. The van der Waals surface area contributed by atoms with E-state index in [4.69, 9.17) is 11.6 Å². The molecule has 138 valence electrons. The van der Waals surface area contributed by atoms with Crippen LogP contribution < -0.4 is 10.2 Å². The monoisotopic (exact) mass is 383 g/mol. The number of hydrogen-bond donors (Lipinski definition) is 1. The first-order valence-electron chi connectivity index (χ1n) is 8.11. The highest BCUT2D eigenvalue weighted by Gasteiger charge is 2.22. The van der Waals surface area contributed by atoms with Crippen molar-refractivity contribution in [3.8, 4) is 0 Å². The van der Waals surface area contributed by atoms with Gasteiger partial charge in [0.25, 0.3) is 0 Å². The fourth-order valence-corrected chi connectivity index (χ4v) is 3.02. The van der Waals surface area contributed by atoms with Crippen LogP contribution in [0, 0.1) is 17.5 Å². The topological polar surface area (TPSA) is 35.6 Å². The van der Waals surface area contributed by atoms with Crippen molar-refractivity contribution in [1.82, 2.24) is 4.90 Å². The molecule has 0 spiro atoms. The van der Waals surface area contributed by atoms with Crippen LogP contribution in [0.3, 0.4) is 0 Å². The minimum atomic E-state index is -1.56. The van der Waals surface area contributed by atoms with Crippen molar-refractivity contribution in [2.24, 2.45) is 0 Å². The van der Waals surface area contributed by atoms with E-state index < -0.39 is 17.5 Å². The Kier molecular flexibility index (Phi) is 5.56. The average molecular weight is 384 g/mol. The van der Waals surface area contributed by atoms with Crippen LogP contribution in [0.4, 0.5) is 24.5 Å². The van der Waals surface area contributed by atoms with Crippen LogP contribution in [0.25, 0.3) is 0 Å². The molecule has 3 rings (SSSR count). The summed E-state index contributed by atoms with van der Waals surface area (Å²) in [5, 5.41) is 3.18. The second-order valence-corrected chi connectivity index (χ2v) is 6.36. The maximum atomic E-state index is 13.6. The molecule has 26 heavy (non-hydrogen) atoms. The summed E-state index contributed by atoms with van der Waals surface area (Å²) >= 11 is 6.00. The summed E-state index contributed by atoms with van der Waals surface area (Å²) in [5.74, 6) is -4.39. The first-order valence-corrected chi connectivity index (χ1v) is 8.49. The van der Waals surface area contributed by atoms with Crippen molar-refractivity contribution in [3.63, 3.8) is 0 Å². The number of amides is 1. The highest BCUT2D eigenvalue weighted by atomic mass is 35.5. The van der Waals surface area contributed by atoms with E-state index in [1.165, 1.54) is 0 Å². The Balaban J connectivity index is 1.53. The molecule has 0 atom stereocenters. The molecule has 0 saturated carbocycles. The van der Waals surface area contributed by atoms with Crippen LogP contribution in [0.5, 0.6) is 0 Å². The molecule has 1 amide bonds. The van der Waals surface area contributed by atoms with Gasteiger partial charge in [0.15, 0.2) is 17.5 Å². The molecule has 1 N–H and O–H groups in total. The molecule has 0 aliphatic carbocycles. The summed E-state index contributed by atoms with van der Waals surface area (Å²) < 4.78 is 39.7. The molecular weight excluding hydrogens is 367 g/mol. The standard InChI is InChI=1S/C18H17ClF3N3O/c19-12-2-1-3-13(10-12)24-6-8-25(9-7-24)16(26)11-23-15-5-4-14(20)17(21)18(15)22/h1-5,10,23H,6-9,11H2. The number of piperazine rings is 1. The summed E-state index contributed by atoms with van der Waals surface area (Å²) in [6, 6.07) is 9.37. The minimum absolute atomic E-state index is 0.195. The van der Waals surface area contributed by atoms with E-state index in [0.29, 0.717) is 31.2 Å². The Bertz CT molecular complexity index is 810. The summed E-state index contributed by atoms with van der Waals surface area (Å²) in [7, 11) is 0. The van der Waals surface area contributed by atoms with Gasteiger partial charge >= 0.3 is 0 Å². The van der Waals surface area contributed by atoms with Crippen LogP contribution in [0.2, 0.25) is 5.02 Å². The number of hydrogen-bond acceptors (Lipinski definition) is 3. The third-order valence-electron chi connectivity index (χ3n) is 4.27. The highest BCUT2D eigenvalue weighted by molar-refractivity contribution is 6.30. The zero-order valence-electron chi connectivity index (χ0n) is 13.8. The third kappa shape index (κ3) is 4.04. The number of benzene rings is 2. The first kappa shape index (κ1) is 18.4. The molecule has 1 aliphatic heterocycles. The van der Waals surface area contributed by atoms with Crippen LogP contribution in [-0.4, -0.2) is 43.5 Å². The number of carbonyl (C=O) groups is 1. The van der Waals surface area contributed by atoms with Gasteiger partial charge in [0.05, 0.1) is 12.2 Å². The molecule has 0 aromatic heterocycles. The summed E-state index contributed by atoms with van der Waals surface area (Å²) in [5.41, 5.74) is 0.751. The predicted octanol–water partition coefficient (Wildman–Crippen LogP) is 3.52. The van der Waals surface area contributed by atoms with Gasteiger partial charge in [-0.15, -0.1) is 0 Å². The fourth-order valence-electron chi connectivity index (χ4n) is 2.83. The Hall–Kier alpha value is -2.41. The zero-order chi connectivity index (χ0) is 18.7. The third-order valence-corrected chi connectivity index (χ3v) is 4.51. The Morgan fingerprint density at radius 2 is 1.77 bits per heavy atom. The van der Waals surface area contributed by atoms with Crippen molar-refractivity contribution in [2.75, 3.05) is 42.9 Å². The van der Waals surface area contributed by atoms with Gasteiger partial charge in [-0.3, -0.25) is 4.79 Å². The summed E-state index contributed by atoms with van der Waals surface area (Å²) in [6.07, 6.45) is 0. The molecular formula is C18H17ClF3N3O. The van der Waals surface area contributed by atoms with Crippen molar-refractivity contribution in [1.29, 1.82) is 0 Å². The quantitative estimate of drug-likeness (QED) is 0.821. The Morgan fingerprint density at radius 3 is 2.46 bits per heavy atom. The molecule has 1 fully saturated rings. The number of halogens is 4. The number of carbonyl (C=O) groups excluding carboxylic acids is 1. The van der Waals surface area contributed by atoms with E-state index in [2.05, 4.69) is 10.2 Å². The van der Waals surface area contributed by atoms with Crippen molar-refractivity contribution >= 4 is 28.9 Å². The van der Waals surface area contributed by atoms with Crippen LogP contribution >= 0.6 is 11.6 Å². The van der Waals surface area contributed by atoms with E-state index in [0.717, 1.165) is 17.8 Å². The van der Waals surface area contributed by atoms with Gasteiger partial charge in [-0.25, -0.2) is 13.2 Å². The van der Waals surface area contributed by atoms with Crippen LogP contribution in [0.1, 0.15) is 0 Å². The Labute approximate surface area is 154 Å². The molecule has 0 radical (unpaired) electrons. The predicted molar refractivity (Wildman–Crippen MR) is 95.1 cm³/mol. The lowest BCUT2D eigenvalue weighted by molar-refractivity contribution is -0.129. The fraction of sp³-hybridized carbons (Fsp3) is 0.278. The van der Waals surface area contributed by atoms with Crippen molar-refractivity contribution in [3.05, 3.63) is 58.9 Å².